The molecule has 0 bridgehead atoms. The summed E-state index contributed by atoms with van der Waals surface area (Å²) in [6.45, 7) is 7.66. The van der Waals surface area contributed by atoms with Crippen LogP contribution in [-0.2, 0) is 15.1 Å². The van der Waals surface area contributed by atoms with Crippen LogP contribution in [0.4, 0.5) is 9.18 Å². The van der Waals surface area contributed by atoms with E-state index in [2.05, 4.69) is 24.5 Å². The zero-order chi connectivity index (χ0) is 20.9. The standard InChI is InChI=1S/C21H30FN3O3/c1-5-21(16-9-11-17(22)12-10-16)19(27)25(20(28)24-21)13-18(26)23-15(4)8-6-7-14(2)3/h9-12,14-15H,5-8,13H2,1-4H3,(H,23,26)(H,24,28). The lowest BCUT2D eigenvalue weighted by Crippen LogP contribution is -2.45. The molecule has 7 heteroatoms. The molecule has 2 rings (SSSR count). The summed E-state index contributed by atoms with van der Waals surface area (Å²) >= 11 is 0. The largest absolute Gasteiger partial charge is 0.352 e. The molecule has 4 amide bonds. The second kappa shape index (κ2) is 9.17. The normalized spacial score (nSPS) is 20.4. The number of carbonyl (C=O) groups is 3. The number of amides is 4. The van der Waals surface area contributed by atoms with E-state index in [4.69, 9.17) is 0 Å². The molecule has 1 aliphatic heterocycles. The molecular weight excluding hydrogens is 361 g/mol. The molecule has 2 atom stereocenters. The van der Waals surface area contributed by atoms with Crippen LogP contribution in [0.2, 0.25) is 0 Å². The third-order valence-corrected chi connectivity index (χ3v) is 5.17. The van der Waals surface area contributed by atoms with Crippen molar-refractivity contribution in [3.63, 3.8) is 0 Å². The fourth-order valence-corrected chi connectivity index (χ4v) is 3.51. The van der Waals surface area contributed by atoms with Crippen LogP contribution in [0, 0.1) is 11.7 Å². The van der Waals surface area contributed by atoms with Gasteiger partial charge in [0, 0.05) is 6.04 Å². The number of benzene rings is 1. The number of rotatable bonds is 9. The van der Waals surface area contributed by atoms with Crippen LogP contribution >= 0.6 is 0 Å². The van der Waals surface area contributed by atoms with Gasteiger partial charge in [-0.1, -0.05) is 45.7 Å². The Hall–Kier alpha value is -2.44. The first-order valence-corrected chi connectivity index (χ1v) is 9.89. The highest BCUT2D eigenvalue weighted by molar-refractivity contribution is 6.09. The SMILES string of the molecule is CCC1(c2ccc(F)cc2)NC(=O)N(CC(=O)NC(C)CCCC(C)C)C1=O. The van der Waals surface area contributed by atoms with Crippen molar-refractivity contribution in [2.45, 2.75) is 65.0 Å². The number of nitrogens with zero attached hydrogens (tertiary/aromatic N) is 1. The summed E-state index contributed by atoms with van der Waals surface area (Å²) in [7, 11) is 0. The molecule has 1 aromatic carbocycles. The molecule has 0 saturated carbocycles. The predicted molar refractivity (Wildman–Crippen MR) is 105 cm³/mol. The van der Waals surface area contributed by atoms with Gasteiger partial charge in [0.25, 0.3) is 5.91 Å². The van der Waals surface area contributed by atoms with E-state index in [0.29, 0.717) is 17.9 Å². The van der Waals surface area contributed by atoms with Gasteiger partial charge in [-0.2, -0.15) is 0 Å². The highest BCUT2D eigenvalue weighted by atomic mass is 19.1. The molecule has 2 unspecified atom stereocenters. The Morgan fingerprint density at radius 1 is 1.18 bits per heavy atom. The Kier molecular flexibility index (Phi) is 7.16. The second-order valence-electron chi connectivity index (χ2n) is 7.88. The smallest absolute Gasteiger partial charge is 0.325 e. The van der Waals surface area contributed by atoms with E-state index in [1.165, 1.54) is 24.3 Å². The number of hydrogen-bond acceptors (Lipinski definition) is 3. The Bertz CT molecular complexity index is 720. The second-order valence-corrected chi connectivity index (χ2v) is 7.88. The molecule has 28 heavy (non-hydrogen) atoms. The molecule has 1 saturated heterocycles. The van der Waals surface area contributed by atoms with Crippen LogP contribution in [0.5, 0.6) is 0 Å². The third-order valence-electron chi connectivity index (χ3n) is 5.17. The summed E-state index contributed by atoms with van der Waals surface area (Å²) in [4.78, 5) is 38.7. The summed E-state index contributed by atoms with van der Waals surface area (Å²) < 4.78 is 13.2. The highest BCUT2D eigenvalue weighted by Gasteiger charge is 2.51. The molecule has 0 aliphatic carbocycles. The lowest BCUT2D eigenvalue weighted by atomic mass is 9.87. The fraction of sp³-hybridized carbons (Fsp3) is 0.571. The van der Waals surface area contributed by atoms with Gasteiger partial charge in [0.1, 0.15) is 17.9 Å². The molecule has 2 N–H and O–H groups in total. The summed E-state index contributed by atoms with van der Waals surface area (Å²) in [6, 6.07) is 4.83. The maximum Gasteiger partial charge on any atom is 0.325 e. The van der Waals surface area contributed by atoms with E-state index in [1.54, 1.807) is 6.92 Å². The number of imide groups is 1. The van der Waals surface area contributed by atoms with Gasteiger partial charge < -0.3 is 10.6 Å². The van der Waals surface area contributed by atoms with E-state index in [9.17, 15) is 18.8 Å². The van der Waals surface area contributed by atoms with Gasteiger partial charge in [-0.15, -0.1) is 0 Å². The Morgan fingerprint density at radius 3 is 2.39 bits per heavy atom. The molecule has 1 aliphatic rings. The molecule has 0 radical (unpaired) electrons. The van der Waals surface area contributed by atoms with Crippen LogP contribution in [-0.4, -0.2) is 35.3 Å². The number of carbonyl (C=O) groups excluding carboxylic acids is 3. The van der Waals surface area contributed by atoms with E-state index in [0.717, 1.165) is 24.2 Å². The maximum absolute atomic E-state index is 13.2. The highest BCUT2D eigenvalue weighted by Crippen LogP contribution is 2.32. The van der Waals surface area contributed by atoms with Crippen molar-refractivity contribution >= 4 is 17.8 Å². The Morgan fingerprint density at radius 2 is 1.82 bits per heavy atom. The molecular formula is C21H30FN3O3. The summed E-state index contributed by atoms with van der Waals surface area (Å²) in [5.74, 6) is -0.669. The van der Waals surface area contributed by atoms with Gasteiger partial charge in [0.15, 0.2) is 0 Å². The molecule has 1 heterocycles. The number of halogens is 1. The van der Waals surface area contributed by atoms with E-state index < -0.39 is 23.3 Å². The van der Waals surface area contributed by atoms with Crippen LogP contribution < -0.4 is 10.6 Å². The lowest BCUT2D eigenvalue weighted by molar-refractivity contribution is -0.135. The minimum absolute atomic E-state index is 0.0277. The molecule has 0 aromatic heterocycles. The fourth-order valence-electron chi connectivity index (χ4n) is 3.51. The van der Waals surface area contributed by atoms with Crippen LogP contribution in [0.1, 0.15) is 58.9 Å². The first kappa shape index (κ1) is 21.9. The van der Waals surface area contributed by atoms with Gasteiger partial charge >= 0.3 is 6.03 Å². The molecule has 154 valence electrons. The minimum Gasteiger partial charge on any atom is -0.352 e. The zero-order valence-corrected chi connectivity index (χ0v) is 17.0. The molecule has 1 aromatic rings. The van der Waals surface area contributed by atoms with Crippen molar-refractivity contribution in [1.29, 1.82) is 0 Å². The van der Waals surface area contributed by atoms with Crippen LogP contribution in [0.15, 0.2) is 24.3 Å². The number of urea groups is 1. The van der Waals surface area contributed by atoms with E-state index in [1.807, 2.05) is 6.92 Å². The van der Waals surface area contributed by atoms with E-state index in [-0.39, 0.29) is 18.5 Å². The van der Waals surface area contributed by atoms with Crippen molar-refractivity contribution in [2.24, 2.45) is 5.92 Å². The lowest BCUT2D eigenvalue weighted by Gasteiger charge is -2.25. The summed E-state index contributed by atoms with van der Waals surface area (Å²) in [5, 5.41) is 5.54. The molecule has 0 spiro atoms. The van der Waals surface area contributed by atoms with Crippen molar-refractivity contribution in [2.75, 3.05) is 6.54 Å². The Labute approximate surface area is 165 Å². The molecule has 6 nitrogen and oxygen atoms in total. The van der Waals surface area contributed by atoms with Crippen LogP contribution in [0.25, 0.3) is 0 Å². The van der Waals surface area contributed by atoms with Crippen molar-refractivity contribution < 1.29 is 18.8 Å². The summed E-state index contributed by atoms with van der Waals surface area (Å²) in [5.41, 5.74) is -0.770. The van der Waals surface area contributed by atoms with Gasteiger partial charge in [-0.25, -0.2) is 9.18 Å². The average Bonchev–Trinajstić information content (AvgIpc) is 2.87. The average molecular weight is 391 g/mol. The number of hydrogen-bond donors (Lipinski definition) is 2. The first-order chi connectivity index (χ1) is 13.2. The molecule has 1 fully saturated rings. The van der Waals surface area contributed by atoms with Crippen LogP contribution in [0.3, 0.4) is 0 Å². The van der Waals surface area contributed by atoms with Crippen molar-refractivity contribution in [3.8, 4) is 0 Å². The van der Waals surface area contributed by atoms with Gasteiger partial charge in [0.2, 0.25) is 5.91 Å². The quantitative estimate of drug-likeness (QED) is 0.634. The number of nitrogens with one attached hydrogen (secondary N) is 2. The maximum atomic E-state index is 13.2. The monoisotopic (exact) mass is 391 g/mol. The first-order valence-electron chi connectivity index (χ1n) is 9.89. The van der Waals surface area contributed by atoms with Gasteiger partial charge in [-0.05, 0) is 43.4 Å². The zero-order valence-electron chi connectivity index (χ0n) is 17.0. The topological polar surface area (TPSA) is 78.5 Å². The van der Waals surface area contributed by atoms with Crippen molar-refractivity contribution in [3.05, 3.63) is 35.6 Å². The predicted octanol–water partition coefficient (Wildman–Crippen LogP) is 3.31. The third kappa shape index (κ3) is 4.88. The van der Waals surface area contributed by atoms with Gasteiger partial charge in [0.05, 0.1) is 0 Å². The Balaban J connectivity index is 2.02. The summed E-state index contributed by atoms with van der Waals surface area (Å²) in [6.07, 6.45) is 3.24. The minimum atomic E-state index is -1.27. The van der Waals surface area contributed by atoms with Crippen molar-refractivity contribution in [1.82, 2.24) is 15.5 Å². The van der Waals surface area contributed by atoms with E-state index >= 15 is 0 Å². The van der Waals surface area contributed by atoms with Gasteiger partial charge in [-0.3, -0.25) is 14.5 Å².